The lowest BCUT2D eigenvalue weighted by molar-refractivity contribution is -0.146. The first-order valence-electron chi connectivity index (χ1n) is 7.72. The molecule has 126 valence electrons. The van der Waals surface area contributed by atoms with E-state index in [1.54, 1.807) is 6.07 Å². The molecular formula is C14H19F3N6. The standard InChI is InChI=1S/C14H19F3N6/c1-3-21(4-2)10-7-8-22(9-10)12-6-5-11-18-19-13(14(15,16)17)23(11)20-12/h5-6,10H,3-4,7-9H2,1-2H3. The maximum atomic E-state index is 12.9. The molecule has 0 N–H and O–H groups in total. The van der Waals surface area contributed by atoms with Crippen LogP contribution < -0.4 is 4.90 Å². The van der Waals surface area contributed by atoms with Crippen LogP contribution in [0.2, 0.25) is 0 Å². The van der Waals surface area contributed by atoms with Gasteiger partial charge in [0, 0.05) is 19.1 Å². The van der Waals surface area contributed by atoms with Gasteiger partial charge in [-0.15, -0.1) is 15.3 Å². The molecule has 2 aromatic heterocycles. The van der Waals surface area contributed by atoms with Crippen LogP contribution in [0.25, 0.3) is 5.65 Å². The molecule has 0 radical (unpaired) electrons. The van der Waals surface area contributed by atoms with Gasteiger partial charge >= 0.3 is 6.18 Å². The van der Waals surface area contributed by atoms with Gasteiger partial charge in [-0.05, 0) is 31.6 Å². The molecule has 1 aliphatic rings. The monoisotopic (exact) mass is 328 g/mol. The minimum absolute atomic E-state index is 0.0977. The van der Waals surface area contributed by atoms with Gasteiger partial charge in [-0.2, -0.15) is 17.7 Å². The Labute approximate surface area is 131 Å². The van der Waals surface area contributed by atoms with Crippen molar-refractivity contribution in [3.63, 3.8) is 0 Å². The Morgan fingerprint density at radius 1 is 1.22 bits per heavy atom. The van der Waals surface area contributed by atoms with E-state index in [2.05, 4.69) is 34.0 Å². The van der Waals surface area contributed by atoms with E-state index in [1.807, 2.05) is 4.90 Å². The number of nitrogens with zero attached hydrogens (tertiary/aromatic N) is 6. The van der Waals surface area contributed by atoms with Crippen molar-refractivity contribution >= 4 is 11.5 Å². The Balaban J connectivity index is 1.87. The fourth-order valence-corrected chi connectivity index (χ4v) is 3.11. The van der Waals surface area contributed by atoms with E-state index in [4.69, 9.17) is 0 Å². The molecule has 2 aromatic rings. The molecule has 9 heteroatoms. The van der Waals surface area contributed by atoms with E-state index in [1.165, 1.54) is 6.07 Å². The van der Waals surface area contributed by atoms with Crippen LogP contribution in [0.4, 0.5) is 19.0 Å². The summed E-state index contributed by atoms with van der Waals surface area (Å²) in [6.07, 6.45) is -3.59. The highest BCUT2D eigenvalue weighted by molar-refractivity contribution is 5.46. The molecule has 0 bridgehead atoms. The van der Waals surface area contributed by atoms with Gasteiger partial charge in [0.05, 0.1) is 0 Å². The second-order valence-electron chi connectivity index (χ2n) is 5.59. The van der Waals surface area contributed by atoms with Crippen LogP contribution in [0.3, 0.4) is 0 Å². The zero-order valence-corrected chi connectivity index (χ0v) is 13.1. The van der Waals surface area contributed by atoms with E-state index in [9.17, 15) is 13.2 Å². The van der Waals surface area contributed by atoms with Crippen LogP contribution in [-0.4, -0.2) is 56.9 Å². The molecule has 1 aliphatic heterocycles. The van der Waals surface area contributed by atoms with Gasteiger partial charge in [0.2, 0.25) is 0 Å². The molecule has 1 atom stereocenters. The topological polar surface area (TPSA) is 49.6 Å². The molecule has 6 nitrogen and oxygen atoms in total. The van der Waals surface area contributed by atoms with Crippen molar-refractivity contribution in [2.75, 3.05) is 31.1 Å². The smallest absolute Gasteiger partial charge is 0.354 e. The number of halogens is 3. The van der Waals surface area contributed by atoms with E-state index in [0.717, 1.165) is 37.1 Å². The average Bonchev–Trinajstić information content (AvgIpc) is 3.14. The first-order chi connectivity index (χ1) is 10.9. The summed E-state index contributed by atoms with van der Waals surface area (Å²) in [5.41, 5.74) is 0.0977. The summed E-state index contributed by atoms with van der Waals surface area (Å²) in [6, 6.07) is 3.63. The number of rotatable bonds is 4. The highest BCUT2D eigenvalue weighted by Gasteiger charge is 2.38. The number of likely N-dealkylation sites (N-methyl/N-ethyl adjacent to an activating group) is 1. The second-order valence-corrected chi connectivity index (χ2v) is 5.59. The maximum Gasteiger partial charge on any atom is 0.453 e. The van der Waals surface area contributed by atoms with Gasteiger partial charge in [-0.1, -0.05) is 13.8 Å². The van der Waals surface area contributed by atoms with Crippen LogP contribution in [-0.2, 0) is 6.18 Å². The first-order valence-corrected chi connectivity index (χ1v) is 7.72. The van der Waals surface area contributed by atoms with Crippen molar-refractivity contribution < 1.29 is 13.2 Å². The molecule has 1 fully saturated rings. The van der Waals surface area contributed by atoms with Crippen molar-refractivity contribution in [2.45, 2.75) is 32.5 Å². The highest BCUT2D eigenvalue weighted by atomic mass is 19.4. The van der Waals surface area contributed by atoms with Crippen molar-refractivity contribution in [1.29, 1.82) is 0 Å². The highest BCUT2D eigenvalue weighted by Crippen LogP contribution is 2.28. The third-order valence-electron chi connectivity index (χ3n) is 4.32. The van der Waals surface area contributed by atoms with Crippen molar-refractivity contribution in [3.8, 4) is 0 Å². The number of hydrogen-bond donors (Lipinski definition) is 0. The van der Waals surface area contributed by atoms with Crippen LogP contribution >= 0.6 is 0 Å². The zero-order chi connectivity index (χ0) is 16.6. The Bertz CT molecular complexity index is 679. The Hall–Kier alpha value is -1.90. The normalized spacial score (nSPS) is 19.2. The lowest BCUT2D eigenvalue weighted by Gasteiger charge is -2.26. The van der Waals surface area contributed by atoms with Crippen LogP contribution in [0.5, 0.6) is 0 Å². The lowest BCUT2D eigenvalue weighted by atomic mass is 10.2. The molecule has 0 amide bonds. The van der Waals surface area contributed by atoms with Crippen molar-refractivity contribution in [1.82, 2.24) is 24.7 Å². The average molecular weight is 328 g/mol. The molecule has 0 aromatic carbocycles. The summed E-state index contributed by atoms with van der Waals surface area (Å²) >= 11 is 0. The van der Waals surface area contributed by atoms with Gasteiger partial charge in [0.15, 0.2) is 5.65 Å². The molecule has 1 saturated heterocycles. The fourth-order valence-electron chi connectivity index (χ4n) is 3.11. The van der Waals surface area contributed by atoms with Gasteiger partial charge < -0.3 is 4.90 Å². The Morgan fingerprint density at radius 2 is 1.96 bits per heavy atom. The summed E-state index contributed by atoms with van der Waals surface area (Å²) in [6.45, 7) is 7.70. The summed E-state index contributed by atoms with van der Waals surface area (Å²) in [4.78, 5) is 4.38. The predicted octanol–water partition coefficient (Wildman–Crippen LogP) is 2.06. The minimum atomic E-state index is -4.57. The number of aromatic nitrogens is 4. The number of fused-ring (bicyclic) bond motifs is 1. The molecule has 23 heavy (non-hydrogen) atoms. The molecule has 0 aliphatic carbocycles. The fraction of sp³-hybridized carbons (Fsp3) is 0.643. The van der Waals surface area contributed by atoms with E-state index in [-0.39, 0.29) is 5.65 Å². The maximum absolute atomic E-state index is 12.9. The molecule has 1 unspecified atom stereocenters. The number of hydrogen-bond acceptors (Lipinski definition) is 5. The second kappa shape index (κ2) is 5.95. The van der Waals surface area contributed by atoms with Crippen LogP contribution in [0, 0.1) is 0 Å². The van der Waals surface area contributed by atoms with E-state index < -0.39 is 12.0 Å². The van der Waals surface area contributed by atoms with Gasteiger partial charge in [0.1, 0.15) is 5.82 Å². The summed E-state index contributed by atoms with van der Waals surface area (Å²) in [5.74, 6) is -0.564. The Kier molecular flexibility index (Phi) is 4.13. The van der Waals surface area contributed by atoms with E-state index >= 15 is 0 Å². The van der Waals surface area contributed by atoms with Gasteiger partial charge in [0.25, 0.3) is 5.82 Å². The van der Waals surface area contributed by atoms with Crippen LogP contribution in [0.15, 0.2) is 12.1 Å². The summed E-state index contributed by atoms with van der Waals surface area (Å²) < 4.78 is 39.6. The van der Waals surface area contributed by atoms with Gasteiger partial charge in [-0.3, -0.25) is 4.90 Å². The number of anilines is 1. The van der Waals surface area contributed by atoms with Crippen molar-refractivity contribution in [2.24, 2.45) is 0 Å². The molecule has 3 heterocycles. The largest absolute Gasteiger partial charge is 0.453 e. The van der Waals surface area contributed by atoms with Crippen LogP contribution in [0.1, 0.15) is 26.1 Å². The zero-order valence-electron chi connectivity index (χ0n) is 13.1. The molecular weight excluding hydrogens is 309 g/mol. The predicted molar refractivity (Wildman–Crippen MR) is 79.3 cm³/mol. The van der Waals surface area contributed by atoms with Crippen molar-refractivity contribution in [3.05, 3.63) is 18.0 Å². The molecule has 0 spiro atoms. The Morgan fingerprint density at radius 3 is 2.61 bits per heavy atom. The number of alkyl halides is 3. The van der Waals surface area contributed by atoms with Gasteiger partial charge in [-0.25, -0.2) is 0 Å². The third kappa shape index (κ3) is 2.97. The first kappa shape index (κ1) is 16.0. The molecule has 3 rings (SSSR count). The van der Waals surface area contributed by atoms with E-state index in [0.29, 0.717) is 11.9 Å². The summed E-state index contributed by atoms with van der Waals surface area (Å²) in [5, 5.41) is 10.8. The third-order valence-corrected chi connectivity index (χ3v) is 4.32. The lowest BCUT2D eigenvalue weighted by Crippen LogP contribution is -2.37. The molecule has 0 saturated carbocycles. The quantitative estimate of drug-likeness (QED) is 0.860. The summed E-state index contributed by atoms with van der Waals surface area (Å²) in [7, 11) is 0. The SMILES string of the molecule is CCN(CC)C1CCN(c2ccc3nnc(C(F)(F)F)n3n2)C1. The minimum Gasteiger partial charge on any atom is -0.354 e.